The van der Waals surface area contributed by atoms with Gasteiger partial charge in [-0.05, 0) is 0 Å². The standard InChI is InChI=1S/C8H14N2O/c1-8(2,6-11)5-10-4-3-9-7-10/h3-4,7,11H,5-6H2,1-2H3. The lowest BCUT2D eigenvalue weighted by atomic mass is 9.95. The molecular formula is C8H14N2O. The van der Waals surface area contributed by atoms with Crippen molar-refractivity contribution in [2.75, 3.05) is 6.61 Å². The summed E-state index contributed by atoms with van der Waals surface area (Å²) >= 11 is 0. The van der Waals surface area contributed by atoms with E-state index in [2.05, 4.69) is 4.98 Å². The van der Waals surface area contributed by atoms with Crippen LogP contribution in [-0.2, 0) is 6.54 Å². The summed E-state index contributed by atoms with van der Waals surface area (Å²) in [6.45, 7) is 5.05. The van der Waals surface area contributed by atoms with E-state index < -0.39 is 0 Å². The Morgan fingerprint density at radius 3 is 2.73 bits per heavy atom. The van der Waals surface area contributed by atoms with Crippen LogP contribution < -0.4 is 0 Å². The van der Waals surface area contributed by atoms with Crippen LogP contribution in [0.2, 0.25) is 0 Å². The predicted octanol–water partition coefficient (Wildman–Crippen LogP) is 0.902. The molecule has 0 unspecified atom stereocenters. The first-order chi connectivity index (χ1) is 5.14. The Bertz CT molecular complexity index is 204. The summed E-state index contributed by atoms with van der Waals surface area (Å²) in [5, 5.41) is 8.96. The van der Waals surface area contributed by atoms with Crippen molar-refractivity contribution in [2.24, 2.45) is 5.41 Å². The molecule has 1 heterocycles. The fourth-order valence-corrected chi connectivity index (χ4v) is 0.925. The number of imidazole rings is 1. The summed E-state index contributed by atoms with van der Waals surface area (Å²) in [5.74, 6) is 0. The highest BCUT2D eigenvalue weighted by atomic mass is 16.3. The van der Waals surface area contributed by atoms with Crippen molar-refractivity contribution in [2.45, 2.75) is 20.4 Å². The first-order valence-electron chi connectivity index (χ1n) is 3.71. The van der Waals surface area contributed by atoms with Gasteiger partial charge in [-0.1, -0.05) is 13.8 Å². The summed E-state index contributed by atoms with van der Waals surface area (Å²) in [5.41, 5.74) is -0.0549. The van der Waals surface area contributed by atoms with Crippen molar-refractivity contribution < 1.29 is 5.11 Å². The van der Waals surface area contributed by atoms with Gasteiger partial charge in [0, 0.05) is 31.0 Å². The molecule has 0 aliphatic carbocycles. The maximum atomic E-state index is 8.96. The number of hydrogen-bond acceptors (Lipinski definition) is 2. The SMILES string of the molecule is CC(C)(CO)Cn1ccnc1. The summed E-state index contributed by atoms with van der Waals surface area (Å²) < 4.78 is 1.97. The first-order valence-corrected chi connectivity index (χ1v) is 3.71. The lowest BCUT2D eigenvalue weighted by molar-refractivity contribution is 0.141. The molecule has 0 amide bonds. The third-order valence-corrected chi connectivity index (χ3v) is 1.60. The summed E-state index contributed by atoms with van der Waals surface area (Å²) in [7, 11) is 0. The maximum absolute atomic E-state index is 8.96. The Balaban J connectivity index is 2.56. The molecule has 0 atom stereocenters. The Morgan fingerprint density at radius 1 is 1.55 bits per heavy atom. The van der Waals surface area contributed by atoms with Gasteiger partial charge in [-0.2, -0.15) is 0 Å². The van der Waals surface area contributed by atoms with E-state index in [0.29, 0.717) is 0 Å². The zero-order valence-electron chi connectivity index (χ0n) is 6.99. The van der Waals surface area contributed by atoms with E-state index in [1.807, 2.05) is 24.6 Å². The first kappa shape index (κ1) is 8.27. The molecular weight excluding hydrogens is 140 g/mol. The molecule has 1 N–H and O–H groups in total. The molecule has 3 nitrogen and oxygen atoms in total. The van der Waals surface area contributed by atoms with Crippen molar-refractivity contribution in [3.8, 4) is 0 Å². The monoisotopic (exact) mass is 154 g/mol. The highest BCUT2D eigenvalue weighted by Gasteiger charge is 2.16. The van der Waals surface area contributed by atoms with Crippen LogP contribution in [0, 0.1) is 5.41 Å². The van der Waals surface area contributed by atoms with Crippen LogP contribution >= 0.6 is 0 Å². The molecule has 3 heteroatoms. The van der Waals surface area contributed by atoms with Crippen LogP contribution in [0.1, 0.15) is 13.8 Å². The minimum Gasteiger partial charge on any atom is -0.396 e. The number of aliphatic hydroxyl groups excluding tert-OH is 1. The number of hydrogen-bond donors (Lipinski definition) is 1. The van der Waals surface area contributed by atoms with Crippen LogP contribution in [0.5, 0.6) is 0 Å². The van der Waals surface area contributed by atoms with Gasteiger partial charge in [-0.3, -0.25) is 0 Å². The molecule has 1 rings (SSSR count). The normalized spacial score (nSPS) is 11.9. The van der Waals surface area contributed by atoms with Crippen LogP contribution in [0.4, 0.5) is 0 Å². The highest BCUT2D eigenvalue weighted by Crippen LogP contribution is 2.15. The zero-order valence-corrected chi connectivity index (χ0v) is 6.99. The molecule has 1 aromatic rings. The minimum absolute atomic E-state index is 0.0549. The molecule has 11 heavy (non-hydrogen) atoms. The topological polar surface area (TPSA) is 38.0 Å². The molecule has 0 aliphatic heterocycles. The molecule has 0 radical (unpaired) electrons. The summed E-state index contributed by atoms with van der Waals surface area (Å²) in [6, 6.07) is 0. The van der Waals surface area contributed by atoms with Crippen LogP contribution in [0.3, 0.4) is 0 Å². The second kappa shape index (κ2) is 3.05. The van der Waals surface area contributed by atoms with E-state index >= 15 is 0 Å². The highest BCUT2D eigenvalue weighted by molar-refractivity contribution is 4.78. The Morgan fingerprint density at radius 2 is 2.27 bits per heavy atom. The molecule has 0 spiro atoms. The molecule has 0 bridgehead atoms. The molecule has 0 aromatic carbocycles. The largest absolute Gasteiger partial charge is 0.396 e. The van der Waals surface area contributed by atoms with Gasteiger partial charge in [0.1, 0.15) is 0 Å². The lowest BCUT2D eigenvalue weighted by Crippen LogP contribution is -2.22. The van der Waals surface area contributed by atoms with Crippen molar-refractivity contribution >= 4 is 0 Å². The molecule has 0 saturated heterocycles. The zero-order chi connectivity index (χ0) is 8.32. The van der Waals surface area contributed by atoms with Gasteiger partial charge < -0.3 is 9.67 Å². The van der Waals surface area contributed by atoms with Crippen molar-refractivity contribution in [1.82, 2.24) is 9.55 Å². The van der Waals surface area contributed by atoms with Gasteiger partial charge in [0.2, 0.25) is 0 Å². The van der Waals surface area contributed by atoms with Gasteiger partial charge in [0.15, 0.2) is 0 Å². The van der Waals surface area contributed by atoms with E-state index in [0.717, 1.165) is 6.54 Å². The Hall–Kier alpha value is -0.830. The Labute approximate surface area is 66.7 Å². The number of nitrogens with zero attached hydrogens (tertiary/aromatic N) is 2. The van der Waals surface area contributed by atoms with Gasteiger partial charge in [-0.15, -0.1) is 0 Å². The van der Waals surface area contributed by atoms with E-state index in [-0.39, 0.29) is 12.0 Å². The Kier molecular flexibility index (Phi) is 2.29. The minimum atomic E-state index is -0.0549. The van der Waals surface area contributed by atoms with E-state index in [9.17, 15) is 0 Å². The average molecular weight is 154 g/mol. The fourth-order valence-electron chi connectivity index (χ4n) is 0.925. The number of aliphatic hydroxyl groups is 1. The molecule has 0 fully saturated rings. The van der Waals surface area contributed by atoms with Gasteiger partial charge in [0.25, 0.3) is 0 Å². The molecule has 0 saturated carbocycles. The second-order valence-corrected chi connectivity index (χ2v) is 3.56. The van der Waals surface area contributed by atoms with Crippen molar-refractivity contribution in [1.29, 1.82) is 0 Å². The van der Waals surface area contributed by atoms with Gasteiger partial charge in [0.05, 0.1) is 6.33 Å². The van der Waals surface area contributed by atoms with E-state index in [4.69, 9.17) is 5.11 Å². The lowest BCUT2D eigenvalue weighted by Gasteiger charge is -2.21. The summed E-state index contributed by atoms with van der Waals surface area (Å²) in [6.07, 6.45) is 5.41. The van der Waals surface area contributed by atoms with E-state index in [1.54, 1.807) is 12.5 Å². The van der Waals surface area contributed by atoms with Crippen molar-refractivity contribution in [3.05, 3.63) is 18.7 Å². The average Bonchev–Trinajstić information content (AvgIpc) is 2.39. The molecule has 62 valence electrons. The smallest absolute Gasteiger partial charge is 0.0946 e. The second-order valence-electron chi connectivity index (χ2n) is 3.56. The van der Waals surface area contributed by atoms with Crippen LogP contribution in [0.25, 0.3) is 0 Å². The maximum Gasteiger partial charge on any atom is 0.0946 e. The molecule has 0 aliphatic rings. The summed E-state index contributed by atoms with van der Waals surface area (Å²) in [4.78, 5) is 3.92. The van der Waals surface area contributed by atoms with Crippen LogP contribution in [0.15, 0.2) is 18.7 Å². The van der Waals surface area contributed by atoms with E-state index in [1.165, 1.54) is 0 Å². The quantitative estimate of drug-likeness (QED) is 0.702. The van der Waals surface area contributed by atoms with Gasteiger partial charge >= 0.3 is 0 Å². The van der Waals surface area contributed by atoms with Crippen LogP contribution in [-0.4, -0.2) is 21.3 Å². The fraction of sp³-hybridized carbons (Fsp3) is 0.625. The van der Waals surface area contributed by atoms with Crippen molar-refractivity contribution in [3.63, 3.8) is 0 Å². The molecule has 1 aromatic heterocycles. The number of rotatable bonds is 3. The number of aromatic nitrogens is 2. The van der Waals surface area contributed by atoms with Gasteiger partial charge in [-0.25, -0.2) is 4.98 Å². The third-order valence-electron chi connectivity index (χ3n) is 1.60. The predicted molar refractivity (Wildman–Crippen MR) is 43.1 cm³/mol. The third kappa shape index (κ3) is 2.35.